The zero-order valence-electron chi connectivity index (χ0n) is 15.1. The van der Waals surface area contributed by atoms with Crippen LogP contribution in [-0.2, 0) is 16.1 Å². The van der Waals surface area contributed by atoms with Crippen LogP contribution >= 0.6 is 0 Å². The Balaban J connectivity index is 0.000000230. The Kier molecular flexibility index (Phi) is 6.87. The van der Waals surface area contributed by atoms with E-state index < -0.39 is 0 Å². The molecule has 0 saturated heterocycles. The van der Waals surface area contributed by atoms with Gasteiger partial charge in [-0.1, -0.05) is 38.1 Å². The summed E-state index contributed by atoms with van der Waals surface area (Å²) in [5.74, 6) is 1.07. The van der Waals surface area contributed by atoms with Gasteiger partial charge in [-0.2, -0.15) is 0 Å². The van der Waals surface area contributed by atoms with Gasteiger partial charge in [0.15, 0.2) is 0 Å². The number of carbonyl (C=O) groups excluding carboxylic acids is 1. The molecule has 0 aliphatic carbocycles. The van der Waals surface area contributed by atoms with E-state index in [4.69, 9.17) is 9.47 Å². The van der Waals surface area contributed by atoms with Crippen LogP contribution in [0.5, 0.6) is 11.5 Å². The van der Waals surface area contributed by atoms with Crippen LogP contribution < -0.4 is 4.74 Å². The summed E-state index contributed by atoms with van der Waals surface area (Å²) in [4.78, 5) is 11.9. The predicted molar refractivity (Wildman–Crippen MR) is 97.7 cm³/mol. The maximum atomic E-state index is 11.9. The molecule has 4 heteroatoms. The van der Waals surface area contributed by atoms with E-state index in [0.29, 0.717) is 12.5 Å². The van der Waals surface area contributed by atoms with Crippen LogP contribution in [0, 0.1) is 5.92 Å². The lowest BCUT2D eigenvalue weighted by atomic mass is 9.90. The third-order valence-electron chi connectivity index (χ3n) is 3.85. The molecule has 2 aromatic rings. The molecule has 0 radical (unpaired) electrons. The number of carbonyl (C=O) groups is 1. The zero-order chi connectivity index (χ0) is 18.2. The van der Waals surface area contributed by atoms with Gasteiger partial charge in [-0.3, -0.25) is 4.79 Å². The lowest BCUT2D eigenvalue weighted by Crippen LogP contribution is -2.17. The quantitative estimate of drug-likeness (QED) is 0.803. The zero-order valence-corrected chi connectivity index (χ0v) is 15.1. The molecule has 2 bridgehead atoms. The van der Waals surface area contributed by atoms with Crippen LogP contribution in [0.4, 0.5) is 0 Å². The number of ether oxygens (including phenoxy) is 2. The topological polar surface area (TPSA) is 55.8 Å². The SMILES string of the molecule is CCOC(=O)C(CC(C)C)c1cccc(O)c1.c1cc2cc(c1)OC2. The second kappa shape index (κ2) is 9.11. The van der Waals surface area contributed by atoms with Crippen LogP contribution in [0.15, 0.2) is 48.5 Å². The van der Waals surface area contributed by atoms with Gasteiger partial charge in [-0.15, -0.1) is 0 Å². The van der Waals surface area contributed by atoms with Gasteiger partial charge < -0.3 is 14.6 Å². The van der Waals surface area contributed by atoms with Crippen LogP contribution in [-0.4, -0.2) is 17.7 Å². The molecule has 0 spiro atoms. The Bertz CT molecular complexity index is 675. The maximum absolute atomic E-state index is 11.9. The molecule has 4 nitrogen and oxygen atoms in total. The third-order valence-corrected chi connectivity index (χ3v) is 3.85. The number of hydrogen-bond acceptors (Lipinski definition) is 4. The van der Waals surface area contributed by atoms with Gasteiger partial charge in [0.1, 0.15) is 18.1 Å². The van der Waals surface area contributed by atoms with E-state index in [1.807, 2.05) is 18.2 Å². The largest absolute Gasteiger partial charge is 0.508 e. The average molecular weight is 342 g/mol. The molecular weight excluding hydrogens is 316 g/mol. The van der Waals surface area contributed by atoms with Crippen molar-refractivity contribution in [2.75, 3.05) is 6.61 Å². The van der Waals surface area contributed by atoms with Crippen molar-refractivity contribution in [3.63, 3.8) is 0 Å². The molecule has 1 aliphatic heterocycles. The number of rotatable bonds is 5. The third kappa shape index (κ3) is 5.82. The summed E-state index contributed by atoms with van der Waals surface area (Å²) >= 11 is 0. The molecule has 1 heterocycles. The van der Waals surface area contributed by atoms with E-state index in [9.17, 15) is 9.90 Å². The Morgan fingerprint density at radius 1 is 1.20 bits per heavy atom. The first-order valence-corrected chi connectivity index (χ1v) is 8.67. The summed E-state index contributed by atoms with van der Waals surface area (Å²) in [6.07, 6.45) is 0.724. The molecule has 0 saturated carbocycles. The number of esters is 1. The molecule has 0 fully saturated rings. The summed E-state index contributed by atoms with van der Waals surface area (Å²) in [5, 5.41) is 9.46. The summed E-state index contributed by atoms with van der Waals surface area (Å²) in [7, 11) is 0. The van der Waals surface area contributed by atoms with Gasteiger partial charge in [0, 0.05) is 0 Å². The summed E-state index contributed by atoms with van der Waals surface area (Å²) in [6.45, 7) is 7.07. The Hall–Kier alpha value is -2.49. The van der Waals surface area contributed by atoms with Crippen molar-refractivity contribution >= 4 is 5.97 Å². The van der Waals surface area contributed by atoms with Gasteiger partial charge in [0.05, 0.1) is 12.5 Å². The van der Waals surface area contributed by atoms with E-state index in [1.54, 1.807) is 25.1 Å². The number of phenols is 1. The van der Waals surface area contributed by atoms with Crippen molar-refractivity contribution < 1.29 is 19.4 Å². The van der Waals surface area contributed by atoms with Crippen molar-refractivity contribution in [3.05, 3.63) is 59.7 Å². The van der Waals surface area contributed by atoms with E-state index in [0.717, 1.165) is 24.3 Å². The second-order valence-corrected chi connectivity index (χ2v) is 6.47. The van der Waals surface area contributed by atoms with Crippen molar-refractivity contribution in [2.45, 2.75) is 39.7 Å². The number of fused-ring (bicyclic) bond motifs is 2. The highest BCUT2D eigenvalue weighted by molar-refractivity contribution is 5.78. The van der Waals surface area contributed by atoms with Crippen LogP contribution in [0.25, 0.3) is 0 Å². The first kappa shape index (κ1) is 18.8. The number of hydrogen-bond donors (Lipinski definition) is 1. The molecule has 25 heavy (non-hydrogen) atoms. The fourth-order valence-corrected chi connectivity index (χ4v) is 2.72. The van der Waals surface area contributed by atoms with Gasteiger partial charge >= 0.3 is 5.97 Å². The fourth-order valence-electron chi connectivity index (χ4n) is 2.72. The van der Waals surface area contributed by atoms with Crippen LogP contribution in [0.3, 0.4) is 0 Å². The molecule has 134 valence electrons. The van der Waals surface area contributed by atoms with Crippen molar-refractivity contribution in [1.29, 1.82) is 0 Å². The van der Waals surface area contributed by atoms with Gasteiger partial charge in [-0.05, 0) is 54.7 Å². The highest BCUT2D eigenvalue weighted by Crippen LogP contribution is 2.27. The lowest BCUT2D eigenvalue weighted by Gasteiger charge is -2.18. The molecule has 1 atom stereocenters. The van der Waals surface area contributed by atoms with Crippen LogP contribution in [0.2, 0.25) is 0 Å². The average Bonchev–Trinajstić information content (AvgIpc) is 2.91. The summed E-state index contributed by atoms with van der Waals surface area (Å²) < 4.78 is 10.3. The molecule has 1 unspecified atom stereocenters. The highest BCUT2D eigenvalue weighted by atomic mass is 16.5. The van der Waals surface area contributed by atoms with E-state index in [2.05, 4.69) is 26.0 Å². The highest BCUT2D eigenvalue weighted by Gasteiger charge is 2.23. The normalized spacial score (nSPS) is 12.8. The lowest BCUT2D eigenvalue weighted by molar-refractivity contribution is -0.145. The van der Waals surface area contributed by atoms with E-state index in [-0.39, 0.29) is 17.6 Å². The predicted octanol–water partition coefficient (Wildman–Crippen LogP) is 4.66. The maximum Gasteiger partial charge on any atom is 0.313 e. The minimum Gasteiger partial charge on any atom is -0.508 e. The molecule has 1 N–H and O–H groups in total. The fraction of sp³-hybridized carbons (Fsp3) is 0.381. The van der Waals surface area contributed by atoms with Crippen molar-refractivity contribution in [1.82, 2.24) is 0 Å². The van der Waals surface area contributed by atoms with E-state index >= 15 is 0 Å². The number of benzene rings is 2. The molecule has 1 aliphatic rings. The molecule has 3 rings (SSSR count). The molecule has 2 aromatic carbocycles. The summed E-state index contributed by atoms with van der Waals surface area (Å²) in [6, 6.07) is 14.9. The monoisotopic (exact) mass is 342 g/mol. The number of aromatic hydroxyl groups is 1. The Labute approximate surface area is 149 Å². The van der Waals surface area contributed by atoms with Gasteiger partial charge in [-0.25, -0.2) is 0 Å². The Morgan fingerprint density at radius 2 is 1.96 bits per heavy atom. The minimum absolute atomic E-state index is 0.181. The first-order valence-electron chi connectivity index (χ1n) is 8.67. The Morgan fingerprint density at radius 3 is 2.56 bits per heavy atom. The molecular formula is C21H26O4. The summed E-state index contributed by atoms with van der Waals surface area (Å²) in [5.41, 5.74) is 2.10. The molecule has 0 amide bonds. The van der Waals surface area contributed by atoms with Crippen molar-refractivity contribution in [3.8, 4) is 11.5 Å². The number of phenolic OH excluding ortho intramolecular Hbond substituents is 1. The standard InChI is InChI=1S/C14H20O3.C7H6O/c1-4-17-14(16)13(8-10(2)3)11-6-5-7-12(15)9-11;1-2-6-4-7(3-1)8-5-6/h5-7,9-10,13,15H,4,8H2,1-3H3;1-4H,5H2. The van der Waals surface area contributed by atoms with Gasteiger partial charge in [0.25, 0.3) is 0 Å². The first-order chi connectivity index (χ1) is 12.0. The smallest absolute Gasteiger partial charge is 0.313 e. The van der Waals surface area contributed by atoms with Crippen molar-refractivity contribution in [2.24, 2.45) is 5.92 Å². The van der Waals surface area contributed by atoms with Gasteiger partial charge in [0.2, 0.25) is 0 Å². The van der Waals surface area contributed by atoms with Crippen LogP contribution in [0.1, 0.15) is 44.2 Å². The minimum atomic E-state index is -0.290. The second-order valence-electron chi connectivity index (χ2n) is 6.47. The van der Waals surface area contributed by atoms with E-state index in [1.165, 1.54) is 5.56 Å². The molecule has 0 aromatic heterocycles.